The number of nitrogens with zero attached hydrogens (tertiary/aromatic N) is 1. The number of likely N-dealkylation sites (tertiary alicyclic amines) is 1. The summed E-state index contributed by atoms with van der Waals surface area (Å²) in [6.45, 7) is 5.27. The van der Waals surface area contributed by atoms with Gasteiger partial charge in [0.2, 0.25) is 0 Å². The molecule has 0 saturated carbocycles. The molecule has 0 atom stereocenters. The summed E-state index contributed by atoms with van der Waals surface area (Å²) >= 11 is 0. The number of benzene rings is 2. The lowest BCUT2D eigenvalue weighted by Crippen LogP contribution is -2.47. The fraction of sp³-hybridized carbons (Fsp3) is 0.391. The Morgan fingerprint density at radius 2 is 1.83 bits per heavy atom. The monoisotopic (exact) mass is 396 g/mol. The van der Waals surface area contributed by atoms with E-state index in [-0.39, 0.29) is 24.5 Å². The van der Waals surface area contributed by atoms with Crippen LogP contribution in [0.4, 0.5) is 0 Å². The van der Waals surface area contributed by atoms with E-state index in [0.29, 0.717) is 24.4 Å². The van der Waals surface area contributed by atoms with Gasteiger partial charge in [-0.1, -0.05) is 18.2 Å². The van der Waals surface area contributed by atoms with Crippen molar-refractivity contribution in [1.82, 2.24) is 10.2 Å². The van der Waals surface area contributed by atoms with Crippen molar-refractivity contribution in [2.24, 2.45) is 0 Å². The van der Waals surface area contributed by atoms with Crippen LogP contribution in [0.3, 0.4) is 0 Å². The highest BCUT2D eigenvalue weighted by molar-refractivity contribution is 5.94. The molecule has 29 heavy (non-hydrogen) atoms. The van der Waals surface area contributed by atoms with Gasteiger partial charge in [0.05, 0.1) is 7.11 Å². The summed E-state index contributed by atoms with van der Waals surface area (Å²) in [6.07, 6.45) is 1.45. The summed E-state index contributed by atoms with van der Waals surface area (Å²) in [7, 11) is 1.58. The zero-order valence-corrected chi connectivity index (χ0v) is 17.2. The number of aryl methyl sites for hydroxylation is 1. The Bertz CT molecular complexity index is 873. The molecular formula is C23H28N2O4. The van der Waals surface area contributed by atoms with E-state index in [2.05, 4.69) is 5.32 Å². The quantitative estimate of drug-likeness (QED) is 0.815. The van der Waals surface area contributed by atoms with E-state index in [9.17, 15) is 9.59 Å². The Hall–Kier alpha value is -3.02. The summed E-state index contributed by atoms with van der Waals surface area (Å²) in [4.78, 5) is 26.7. The summed E-state index contributed by atoms with van der Waals surface area (Å²) in [5, 5.41) is 3.05. The Morgan fingerprint density at radius 3 is 2.55 bits per heavy atom. The van der Waals surface area contributed by atoms with Crippen molar-refractivity contribution in [2.45, 2.75) is 32.7 Å². The number of carbonyl (C=O) groups is 2. The highest BCUT2D eigenvalue weighted by atomic mass is 16.5. The SMILES string of the molecule is COc1cccc(C(=O)NC2CCN(C(=O)COc3cccc(C)c3C)CC2)c1. The van der Waals surface area contributed by atoms with Crippen molar-refractivity contribution in [1.29, 1.82) is 0 Å². The minimum absolute atomic E-state index is 0.0246. The number of amides is 2. The van der Waals surface area contributed by atoms with E-state index in [4.69, 9.17) is 9.47 Å². The predicted molar refractivity (Wildman–Crippen MR) is 111 cm³/mol. The van der Waals surface area contributed by atoms with Crippen LogP contribution in [0.5, 0.6) is 11.5 Å². The van der Waals surface area contributed by atoms with E-state index in [1.54, 1.807) is 36.3 Å². The summed E-state index contributed by atoms with van der Waals surface area (Å²) in [6, 6.07) is 13.0. The average Bonchev–Trinajstić information content (AvgIpc) is 2.75. The van der Waals surface area contributed by atoms with Crippen LogP contribution in [-0.2, 0) is 4.79 Å². The van der Waals surface area contributed by atoms with Gasteiger partial charge in [0.1, 0.15) is 11.5 Å². The molecule has 2 amide bonds. The van der Waals surface area contributed by atoms with E-state index in [1.165, 1.54) is 0 Å². The van der Waals surface area contributed by atoms with Crippen LogP contribution in [0.25, 0.3) is 0 Å². The molecule has 1 heterocycles. The van der Waals surface area contributed by atoms with Crippen molar-refractivity contribution >= 4 is 11.8 Å². The largest absolute Gasteiger partial charge is 0.497 e. The van der Waals surface area contributed by atoms with Crippen LogP contribution in [0.2, 0.25) is 0 Å². The molecule has 3 rings (SSSR count). The third kappa shape index (κ3) is 5.28. The minimum Gasteiger partial charge on any atom is -0.497 e. The zero-order valence-electron chi connectivity index (χ0n) is 17.2. The number of ether oxygens (including phenoxy) is 2. The predicted octanol–water partition coefficient (Wildman–Crippen LogP) is 3.11. The smallest absolute Gasteiger partial charge is 0.260 e. The fourth-order valence-electron chi connectivity index (χ4n) is 3.42. The molecule has 154 valence electrons. The third-order valence-corrected chi connectivity index (χ3v) is 5.42. The van der Waals surface area contributed by atoms with Gasteiger partial charge in [-0.05, 0) is 62.1 Å². The second-order valence-electron chi connectivity index (χ2n) is 7.35. The molecule has 0 aliphatic carbocycles. The molecule has 1 fully saturated rings. The van der Waals surface area contributed by atoms with Crippen LogP contribution < -0.4 is 14.8 Å². The van der Waals surface area contributed by atoms with E-state index in [1.807, 2.05) is 32.0 Å². The molecule has 1 aliphatic rings. The molecule has 2 aromatic rings. The molecule has 1 aliphatic heterocycles. The molecule has 0 spiro atoms. The maximum atomic E-state index is 12.5. The number of methoxy groups -OCH3 is 1. The van der Waals surface area contributed by atoms with Gasteiger partial charge in [0, 0.05) is 24.7 Å². The van der Waals surface area contributed by atoms with Gasteiger partial charge in [-0.15, -0.1) is 0 Å². The molecule has 1 N–H and O–H groups in total. The average molecular weight is 396 g/mol. The standard InChI is InChI=1S/C23H28N2O4/c1-16-6-4-9-21(17(16)2)29-15-22(26)25-12-10-19(11-13-25)24-23(27)18-7-5-8-20(14-18)28-3/h4-9,14,19H,10-13,15H2,1-3H3,(H,24,27). The number of piperidine rings is 1. The Kier molecular flexibility index (Phi) is 6.75. The van der Waals surface area contributed by atoms with Crippen LogP contribution in [0.1, 0.15) is 34.3 Å². The van der Waals surface area contributed by atoms with E-state index in [0.717, 1.165) is 29.7 Å². The summed E-state index contributed by atoms with van der Waals surface area (Å²) in [5.74, 6) is 1.26. The van der Waals surface area contributed by atoms with Gasteiger partial charge >= 0.3 is 0 Å². The molecule has 0 unspecified atom stereocenters. The molecule has 2 aromatic carbocycles. The summed E-state index contributed by atoms with van der Waals surface area (Å²) in [5.41, 5.74) is 2.77. The number of rotatable bonds is 6. The highest BCUT2D eigenvalue weighted by Crippen LogP contribution is 2.21. The highest BCUT2D eigenvalue weighted by Gasteiger charge is 2.24. The number of hydrogen-bond donors (Lipinski definition) is 1. The molecule has 1 saturated heterocycles. The van der Waals surface area contributed by atoms with Crippen LogP contribution in [0.15, 0.2) is 42.5 Å². The first-order valence-corrected chi connectivity index (χ1v) is 9.89. The van der Waals surface area contributed by atoms with Crippen molar-refractivity contribution in [3.63, 3.8) is 0 Å². The van der Waals surface area contributed by atoms with E-state index < -0.39 is 0 Å². The minimum atomic E-state index is -0.119. The lowest BCUT2D eigenvalue weighted by molar-refractivity contribution is -0.134. The Balaban J connectivity index is 1.46. The molecular weight excluding hydrogens is 368 g/mol. The van der Waals surface area contributed by atoms with Crippen LogP contribution >= 0.6 is 0 Å². The lowest BCUT2D eigenvalue weighted by Gasteiger charge is -2.32. The molecule has 6 nitrogen and oxygen atoms in total. The third-order valence-electron chi connectivity index (χ3n) is 5.42. The molecule has 0 radical (unpaired) electrons. The van der Waals surface area contributed by atoms with Gasteiger partial charge < -0.3 is 19.7 Å². The van der Waals surface area contributed by atoms with Gasteiger partial charge in [0.25, 0.3) is 11.8 Å². The first kappa shape index (κ1) is 20.7. The van der Waals surface area contributed by atoms with Crippen molar-refractivity contribution in [3.05, 3.63) is 59.2 Å². The van der Waals surface area contributed by atoms with Gasteiger partial charge in [-0.25, -0.2) is 0 Å². The number of nitrogens with one attached hydrogen (secondary N) is 1. The topological polar surface area (TPSA) is 67.9 Å². The lowest BCUT2D eigenvalue weighted by atomic mass is 10.0. The van der Waals surface area contributed by atoms with E-state index >= 15 is 0 Å². The number of hydrogen-bond acceptors (Lipinski definition) is 4. The van der Waals surface area contributed by atoms with Crippen molar-refractivity contribution < 1.29 is 19.1 Å². The number of carbonyl (C=O) groups excluding carboxylic acids is 2. The second-order valence-corrected chi connectivity index (χ2v) is 7.35. The first-order chi connectivity index (χ1) is 14.0. The Labute approximate surface area is 171 Å². The molecule has 6 heteroatoms. The van der Waals surface area contributed by atoms with Crippen LogP contribution in [0, 0.1) is 13.8 Å². The van der Waals surface area contributed by atoms with Gasteiger partial charge in [0.15, 0.2) is 6.61 Å². The normalized spacial score (nSPS) is 14.4. The maximum Gasteiger partial charge on any atom is 0.260 e. The fourth-order valence-corrected chi connectivity index (χ4v) is 3.42. The van der Waals surface area contributed by atoms with Gasteiger partial charge in [-0.2, -0.15) is 0 Å². The summed E-state index contributed by atoms with van der Waals surface area (Å²) < 4.78 is 10.9. The zero-order chi connectivity index (χ0) is 20.8. The van der Waals surface area contributed by atoms with Crippen molar-refractivity contribution in [3.8, 4) is 11.5 Å². The van der Waals surface area contributed by atoms with Gasteiger partial charge in [-0.3, -0.25) is 9.59 Å². The van der Waals surface area contributed by atoms with Crippen molar-refractivity contribution in [2.75, 3.05) is 26.8 Å². The second kappa shape index (κ2) is 9.45. The molecule has 0 aromatic heterocycles. The molecule has 0 bridgehead atoms. The first-order valence-electron chi connectivity index (χ1n) is 9.89. The Morgan fingerprint density at radius 1 is 1.10 bits per heavy atom. The van der Waals surface area contributed by atoms with Crippen LogP contribution in [-0.4, -0.2) is 49.6 Å². The maximum absolute atomic E-state index is 12.5.